The molecule has 0 amide bonds. The summed E-state index contributed by atoms with van der Waals surface area (Å²) >= 11 is 0. The average molecular weight is 417 g/mol. The first-order valence-corrected chi connectivity index (χ1v) is 13.9. The third-order valence-corrected chi connectivity index (χ3v) is 6.37. The van der Waals surface area contributed by atoms with Crippen molar-refractivity contribution in [3.05, 3.63) is 13.8 Å². The molecule has 0 nitrogen and oxygen atoms in total. The van der Waals surface area contributed by atoms with Crippen molar-refractivity contribution >= 4 is 0 Å². The van der Waals surface area contributed by atoms with E-state index in [9.17, 15) is 0 Å². The fourth-order valence-corrected chi connectivity index (χ4v) is 4.21. The molecule has 0 saturated heterocycles. The van der Waals surface area contributed by atoms with Crippen LogP contribution in [-0.4, -0.2) is 0 Å². The van der Waals surface area contributed by atoms with Crippen LogP contribution in [0.25, 0.3) is 0 Å². The lowest BCUT2D eigenvalue weighted by Gasteiger charge is -2.10. The quantitative estimate of drug-likeness (QED) is 0.115. The maximum absolute atomic E-state index is 3.92. The van der Waals surface area contributed by atoms with E-state index in [1.54, 1.807) is 0 Å². The van der Waals surface area contributed by atoms with E-state index in [1.165, 1.54) is 128 Å². The molecular weight excluding hydrogens is 360 g/mol. The van der Waals surface area contributed by atoms with Crippen LogP contribution in [0.15, 0.2) is 0 Å². The first kappa shape index (κ1) is 29.6. The SMILES string of the molecule is [CH2]CCCCCCCCCC#CCCCCCCCCCC(C)CCCCCC[CH2]. The fraction of sp³-hybridized carbons (Fsp3) is 0.867. The van der Waals surface area contributed by atoms with Crippen LogP contribution in [0.2, 0.25) is 0 Å². The maximum Gasteiger partial charge on any atom is 0.00886 e. The summed E-state index contributed by atoms with van der Waals surface area (Å²) in [4.78, 5) is 0. The second kappa shape index (κ2) is 26.6. The third kappa shape index (κ3) is 25.6. The second-order valence-corrected chi connectivity index (χ2v) is 9.61. The van der Waals surface area contributed by atoms with Gasteiger partial charge in [-0.05, 0) is 18.8 Å². The van der Waals surface area contributed by atoms with E-state index in [0.717, 1.165) is 31.6 Å². The van der Waals surface area contributed by atoms with Crippen molar-refractivity contribution in [2.24, 2.45) is 5.92 Å². The fourth-order valence-electron chi connectivity index (χ4n) is 4.21. The average Bonchev–Trinajstić information content (AvgIpc) is 2.75. The Morgan fingerprint density at radius 2 is 0.733 bits per heavy atom. The summed E-state index contributed by atoms with van der Waals surface area (Å²) in [6.07, 6.45) is 32.3. The van der Waals surface area contributed by atoms with Crippen molar-refractivity contribution in [2.75, 3.05) is 0 Å². The molecule has 176 valence electrons. The lowest BCUT2D eigenvalue weighted by Crippen LogP contribution is -1.95. The second-order valence-electron chi connectivity index (χ2n) is 9.61. The summed E-state index contributed by atoms with van der Waals surface area (Å²) in [5.74, 6) is 7.72. The highest BCUT2D eigenvalue weighted by atomic mass is 14.1. The van der Waals surface area contributed by atoms with E-state index in [-0.39, 0.29) is 0 Å². The van der Waals surface area contributed by atoms with E-state index in [1.807, 2.05) is 0 Å². The highest BCUT2D eigenvalue weighted by molar-refractivity contribution is 4.98. The minimum Gasteiger partial charge on any atom is -0.103 e. The van der Waals surface area contributed by atoms with Gasteiger partial charge in [0.25, 0.3) is 0 Å². The van der Waals surface area contributed by atoms with E-state index >= 15 is 0 Å². The van der Waals surface area contributed by atoms with Crippen LogP contribution in [0, 0.1) is 31.6 Å². The van der Waals surface area contributed by atoms with Gasteiger partial charge >= 0.3 is 0 Å². The summed E-state index contributed by atoms with van der Waals surface area (Å²) in [7, 11) is 0. The Bertz CT molecular complexity index is 358. The molecule has 0 spiro atoms. The highest BCUT2D eigenvalue weighted by Gasteiger charge is 2.02. The minimum absolute atomic E-state index is 0.937. The van der Waals surface area contributed by atoms with Crippen LogP contribution in [0.1, 0.15) is 161 Å². The normalized spacial score (nSPS) is 12.0. The Labute approximate surface area is 192 Å². The van der Waals surface area contributed by atoms with Crippen molar-refractivity contribution in [1.29, 1.82) is 0 Å². The monoisotopic (exact) mass is 416 g/mol. The van der Waals surface area contributed by atoms with Crippen LogP contribution in [0.4, 0.5) is 0 Å². The van der Waals surface area contributed by atoms with Crippen molar-refractivity contribution in [3.63, 3.8) is 0 Å². The van der Waals surface area contributed by atoms with E-state index in [2.05, 4.69) is 32.6 Å². The number of rotatable bonds is 23. The van der Waals surface area contributed by atoms with Crippen LogP contribution in [0.5, 0.6) is 0 Å². The van der Waals surface area contributed by atoms with Gasteiger partial charge in [0.1, 0.15) is 0 Å². The first-order valence-electron chi connectivity index (χ1n) is 13.9. The Kier molecular flexibility index (Phi) is 26.2. The molecule has 0 aliphatic carbocycles. The van der Waals surface area contributed by atoms with Gasteiger partial charge in [0.15, 0.2) is 0 Å². The Morgan fingerprint density at radius 1 is 0.433 bits per heavy atom. The van der Waals surface area contributed by atoms with Crippen molar-refractivity contribution in [3.8, 4) is 11.8 Å². The van der Waals surface area contributed by atoms with E-state index in [0.29, 0.717) is 0 Å². The maximum atomic E-state index is 3.92. The Morgan fingerprint density at radius 3 is 1.10 bits per heavy atom. The summed E-state index contributed by atoms with van der Waals surface area (Å²) < 4.78 is 0. The molecule has 0 saturated carbocycles. The molecule has 0 aromatic heterocycles. The zero-order chi connectivity index (χ0) is 22.0. The molecule has 0 fully saturated rings. The van der Waals surface area contributed by atoms with Crippen LogP contribution < -0.4 is 0 Å². The van der Waals surface area contributed by atoms with Crippen molar-refractivity contribution in [2.45, 2.75) is 161 Å². The lowest BCUT2D eigenvalue weighted by atomic mass is 9.96. The summed E-state index contributed by atoms with van der Waals surface area (Å²) in [6.45, 7) is 10.3. The van der Waals surface area contributed by atoms with Crippen LogP contribution in [-0.2, 0) is 0 Å². The molecule has 2 radical (unpaired) electrons. The van der Waals surface area contributed by atoms with E-state index < -0.39 is 0 Å². The molecular formula is C30H56. The first-order chi connectivity index (χ1) is 14.8. The predicted octanol–water partition coefficient (Wildman–Crippen LogP) is 10.7. The van der Waals surface area contributed by atoms with Gasteiger partial charge in [-0.1, -0.05) is 149 Å². The summed E-state index contributed by atoms with van der Waals surface area (Å²) in [6, 6.07) is 0. The topological polar surface area (TPSA) is 0 Å². The highest BCUT2D eigenvalue weighted by Crippen LogP contribution is 2.18. The van der Waals surface area contributed by atoms with Gasteiger partial charge in [-0.25, -0.2) is 0 Å². The molecule has 0 aromatic carbocycles. The largest absolute Gasteiger partial charge is 0.103 e. The van der Waals surface area contributed by atoms with Gasteiger partial charge in [0.05, 0.1) is 0 Å². The molecule has 0 N–H and O–H groups in total. The lowest BCUT2D eigenvalue weighted by molar-refractivity contribution is 0.432. The predicted molar refractivity (Wildman–Crippen MR) is 138 cm³/mol. The molecule has 0 aliphatic rings. The summed E-state index contributed by atoms with van der Waals surface area (Å²) in [5, 5.41) is 0. The molecule has 30 heavy (non-hydrogen) atoms. The van der Waals surface area contributed by atoms with Gasteiger partial charge < -0.3 is 0 Å². The molecule has 0 heteroatoms. The smallest absolute Gasteiger partial charge is 0.00886 e. The third-order valence-electron chi connectivity index (χ3n) is 6.37. The molecule has 1 unspecified atom stereocenters. The number of unbranched alkanes of at least 4 members (excludes halogenated alkanes) is 19. The zero-order valence-electron chi connectivity index (χ0n) is 21.0. The zero-order valence-corrected chi connectivity index (χ0v) is 21.0. The van der Waals surface area contributed by atoms with Gasteiger partial charge in [-0.2, -0.15) is 0 Å². The Balaban J connectivity index is 3.18. The van der Waals surface area contributed by atoms with Gasteiger partial charge in [-0.3, -0.25) is 0 Å². The van der Waals surface area contributed by atoms with Crippen molar-refractivity contribution < 1.29 is 0 Å². The van der Waals surface area contributed by atoms with Gasteiger partial charge in [-0.15, -0.1) is 11.8 Å². The Hall–Kier alpha value is -0.440. The molecule has 1 atom stereocenters. The van der Waals surface area contributed by atoms with Crippen LogP contribution in [0.3, 0.4) is 0 Å². The van der Waals surface area contributed by atoms with E-state index in [4.69, 9.17) is 0 Å². The minimum atomic E-state index is 0.937. The van der Waals surface area contributed by atoms with Gasteiger partial charge in [0.2, 0.25) is 0 Å². The summed E-state index contributed by atoms with van der Waals surface area (Å²) in [5.41, 5.74) is 0. The number of hydrogen-bond acceptors (Lipinski definition) is 0. The number of hydrogen-bond donors (Lipinski definition) is 0. The molecule has 0 heterocycles. The van der Waals surface area contributed by atoms with Gasteiger partial charge in [0, 0.05) is 12.8 Å². The standard InChI is InChI=1S/C30H56/c1-4-6-8-10-11-12-13-14-15-16-17-18-19-20-21-22-23-25-27-29-30(3)28-26-24-9-7-5-2/h30H,1-2,4-15,18-29H2,3H3. The van der Waals surface area contributed by atoms with Crippen molar-refractivity contribution in [1.82, 2.24) is 0 Å². The molecule has 0 aromatic rings. The molecule has 0 aliphatic heterocycles. The molecule has 0 bridgehead atoms. The van der Waals surface area contributed by atoms with Crippen LogP contribution >= 0.6 is 0 Å². The molecule has 0 rings (SSSR count).